The summed E-state index contributed by atoms with van der Waals surface area (Å²) in [7, 11) is 1.83. The van der Waals surface area contributed by atoms with Gasteiger partial charge in [-0.3, -0.25) is 4.79 Å². The molecule has 1 aliphatic rings. The Morgan fingerprint density at radius 1 is 1.43 bits per heavy atom. The minimum Gasteiger partial charge on any atom is -0.485 e. The van der Waals surface area contributed by atoms with E-state index in [9.17, 15) is 10.1 Å². The van der Waals surface area contributed by atoms with Crippen LogP contribution in [-0.2, 0) is 11.8 Å². The van der Waals surface area contributed by atoms with E-state index in [1.807, 2.05) is 45.2 Å². The lowest BCUT2D eigenvalue weighted by atomic mass is 9.90. The summed E-state index contributed by atoms with van der Waals surface area (Å²) in [4.78, 5) is 12.3. The Kier molecular flexibility index (Phi) is 5.79. The van der Waals surface area contributed by atoms with Gasteiger partial charge in [0.05, 0.1) is 11.8 Å². The zero-order valence-corrected chi connectivity index (χ0v) is 17.1. The predicted octanol–water partition coefficient (Wildman–Crippen LogP) is 2.47. The van der Waals surface area contributed by atoms with Gasteiger partial charge in [-0.1, -0.05) is 37.7 Å². The molecule has 3 rings (SSSR count). The maximum absolute atomic E-state index is 12.3. The molecule has 2 atom stereocenters. The minimum atomic E-state index is -0.899. The largest absolute Gasteiger partial charge is 0.485 e. The smallest absolute Gasteiger partial charge is 0.231 e. The third-order valence-electron chi connectivity index (χ3n) is 4.78. The number of amides is 1. The molecule has 0 saturated heterocycles. The van der Waals surface area contributed by atoms with Gasteiger partial charge in [-0.05, 0) is 25.0 Å². The standard InChI is InChI=1S/C19H23N5O3S/c1-12(2)19(3,11-20)21-16(25)10-28-18-23-22-17(24(18)4)15-9-26-13-7-5-6-8-14(13)27-15/h5-8,12,15H,9-10H2,1-4H3,(H,21,25)/t15-,19-/m0/s1. The van der Waals surface area contributed by atoms with E-state index in [0.717, 1.165) is 0 Å². The van der Waals surface area contributed by atoms with Crippen molar-refractivity contribution in [1.29, 1.82) is 5.26 Å². The Balaban J connectivity index is 1.63. The van der Waals surface area contributed by atoms with Crippen molar-refractivity contribution < 1.29 is 14.3 Å². The molecule has 0 spiro atoms. The second kappa shape index (κ2) is 8.10. The van der Waals surface area contributed by atoms with Crippen LogP contribution in [0.1, 0.15) is 32.7 Å². The first kappa shape index (κ1) is 20.0. The molecule has 0 bridgehead atoms. The molecule has 0 saturated carbocycles. The Morgan fingerprint density at radius 2 is 2.14 bits per heavy atom. The third-order valence-corrected chi connectivity index (χ3v) is 5.80. The van der Waals surface area contributed by atoms with Crippen molar-refractivity contribution in [3.05, 3.63) is 30.1 Å². The van der Waals surface area contributed by atoms with Gasteiger partial charge in [0.25, 0.3) is 0 Å². The van der Waals surface area contributed by atoms with E-state index < -0.39 is 5.54 Å². The number of ether oxygens (including phenoxy) is 2. The van der Waals surface area contributed by atoms with Crippen molar-refractivity contribution in [1.82, 2.24) is 20.1 Å². The first-order valence-corrected chi connectivity index (χ1v) is 9.95. The number of para-hydroxylation sites is 2. The SMILES string of the molecule is CC(C)[C@](C)(C#N)NC(=O)CSc1nnc([C@@H]2COc3ccccc3O2)n1C. The highest BCUT2D eigenvalue weighted by molar-refractivity contribution is 7.99. The molecule has 1 aliphatic heterocycles. The summed E-state index contributed by atoms with van der Waals surface area (Å²) in [5, 5.41) is 21.1. The lowest BCUT2D eigenvalue weighted by molar-refractivity contribution is -0.120. The highest BCUT2D eigenvalue weighted by Gasteiger charge is 2.31. The molecule has 2 heterocycles. The van der Waals surface area contributed by atoms with Crippen LogP contribution in [0.25, 0.3) is 0 Å². The first-order valence-electron chi connectivity index (χ1n) is 8.97. The van der Waals surface area contributed by atoms with Crippen LogP contribution in [-0.4, -0.2) is 38.6 Å². The molecule has 1 aromatic carbocycles. The molecule has 2 aromatic rings. The summed E-state index contributed by atoms with van der Waals surface area (Å²) in [6.07, 6.45) is -0.376. The Bertz CT molecular complexity index is 907. The van der Waals surface area contributed by atoms with Crippen LogP contribution in [0.3, 0.4) is 0 Å². The molecule has 0 radical (unpaired) electrons. The zero-order chi connectivity index (χ0) is 20.3. The average Bonchev–Trinajstić information content (AvgIpc) is 3.06. The fourth-order valence-corrected chi connectivity index (χ4v) is 3.35. The molecular weight excluding hydrogens is 378 g/mol. The highest BCUT2D eigenvalue weighted by Crippen LogP contribution is 2.35. The van der Waals surface area contributed by atoms with Gasteiger partial charge in [0.15, 0.2) is 28.6 Å². The summed E-state index contributed by atoms with van der Waals surface area (Å²) < 4.78 is 13.5. The second-order valence-electron chi connectivity index (χ2n) is 7.07. The number of fused-ring (bicyclic) bond motifs is 1. The van der Waals surface area contributed by atoms with E-state index in [1.165, 1.54) is 11.8 Å². The fourth-order valence-electron chi connectivity index (χ4n) is 2.64. The number of nitrogens with one attached hydrogen (secondary N) is 1. The van der Waals surface area contributed by atoms with E-state index >= 15 is 0 Å². The normalized spacial score (nSPS) is 17.6. The topological polar surface area (TPSA) is 102 Å². The Morgan fingerprint density at radius 3 is 2.82 bits per heavy atom. The number of benzene rings is 1. The highest BCUT2D eigenvalue weighted by atomic mass is 32.2. The first-order chi connectivity index (χ1) is 13.3. The van der Waals surface area contributed by atoms with Crippen molar-refractivity contribution in [3.63, 3.8) is 0 Å². The summed E-state index contributed by atoms with van der Waals surface area (Å²) in [5.41, 5.74) is -0.899. The van der Waals surface area contributed by atoms with Crippen LogP contribution >= 0.6 is 11.8 Å². The number of nitrogens with zero attached hydrogens (tertiary/aromatic N) is 4. The van der Waals surface area contributed by atoms with Crippen molar-refractivity contribution in [2.24, 2.45) is 13.0 Å². The number of hydrogen-bond donors (Lipinski definition) is 1. The number of thioether (sulfide) groups is 1. The number of aromatic nitrogens is 3. The predicted molar refractivity (Wildman–Crippen MR) is 104 cm³/mol. The van der Waals surface area contributed by atoms with Crippen LogP contribution in [0.15, 0.2) is 29.4 Å². The van der Waals surface area contributed by atoms with Gasteiger partial charge in [0.2, 0.25) is 5.91 Å². The van der Waals surface area contributed by atoms with Crippen molar-refractivity contribution >= 4 is 17.7 Å². The maximum atomic E-state index is 12.3. The molecule has 28 heavy (non-hydrogen) atoms. The number of carbonyl (C=O) groups is 1. The van der Waals surface area contributed by atoms with Crippen LogP contribution in [0.2, 0.25) is 0 Å². The maximum Gasteiger partial charge on any atom is 0.231 e. The van der Waals surface area contributed by atoms with E-state index in [1.54, 1.807) is 11.5 Å². The van der Waals surface area contributed by atoms with Crippen molar-refractivity contribution in [3.8, 4) is 17.6 Å². The van der Waals surface area contributed by atoms with Gasteiger partial charge >= 0.3 is 0 Å². The second-order valence-corrected chi connectivity index (χ2v) is 8.01. The van der Waals surface area contributed by atoms with E-state index in [4.69, 9.17) is 9.47 Å². The molecule has 0 fully saturated rings. The Hall–Kier alpha value is -2.73. The summed E-state index contributed by atoms with van der Waals surface area (Å²) in [6, 6.07) is 9.64. The molecule has 1 amide bonds. The molecule has 0 unspecified atom stereocenters. The minimum absolute atomic E-state index is 0.000733. The number of hydrogen-bond acceptors (Lipinski definition) is 7. The van der Waals surface area contributed by atoms with Crippen LogP contribution in [0.4, 0.5) is 0 Å². The molecular formula is C19H23N5O3S. The summed E-state index contributed by atoms with van der Waals surface area (Å²) >= 11 is 1.26. The quantitative estimate of drug-likeness (QED) is 0.742. The van der Waals surface area contributed by atoms with Gasteiger partial charge < -0.3 is 19.4 Å². The average molecular weight is 401 g/mol. The van der Waals surface area contributed by atoms with Crippen molar-refractivity contribution in [2.75, 3.05) is 12.4 Å². The fraction of sp³-hybridized carbons (Fsp3) is 0.474. The van der Waals surface area contributed by atoms with Gasteiger partial charge in [-0.2, -0.15) is 5.26 Å². The summed E-state index contributed by atoms with van der Waals surface area (Å²) in [5.74, 6) is 1.91. The molecule has 148 valence electrons. The van der Waals surface area contributed by atoms with E-state index in [0.29, 0.717) is 29.1 Å². The monoisotopic (exact) mass is 401 g/mol. The molecule has 1 aromatic heterocycles. The lowest BCUT2D eigenvalue weighted by Crippen LogP contribution is -2.49. The molecule has 0 aliphatic carbocycles. The zero-order valence-electron chi connectivity index (χ0n) is 16.3. The van der Waals surface area contributed by atoms with Gasteiger partial charge in [0.1, 0.15) is 12.1 Å². The van der Waals surface area contributed by atoms with E-state index in [2.05, 4.69) is 21.6 Å². The molecule has 8 nitrogen and oxygen atoms in total. The molecule has 1 N–H and O–H groups in total. The van der Waals surface area contributed by atoms with Crippen LogP contribution in [0.5, 0.6) is 11.5 Å². The lowest BCUT2D eigenvalue weighted by Gasteiger charge is -2.27. The van der Waals surface area contributed by atoms with E-state index in [-0.39, 0.29) is 23.7 Å². The van der Waals surface area contributed by atoms with Gasteiger partial charge in [-0.15, -0.1) is 10.2 Å². The van der Waals surface area contributed by atoms with Gasteiger partial charge in [-0.25, -0.2) is 0 Å². The summed E-state index contributed by atoms with van der Waals surface area (Å²) in [6.45, 7) is 5.86. The number of rotatable bonds is 6. The Labute approximate surface area is 168 Å². The molecule has 9 heteroatoms. The van der Waals surface area contributed by atoms with Crippen LogP contribution < -0.4 is 14.8 Å². The number of nitriles is 1. The van der Waals surface area contributed by atoms with Crippen LogP contribution in [0, 0.1) is 17.2 Å². The number of carbonyl (C=O) groups excluding carboxylic acids is 1. The van der Waals surface area contributed by atoms with Crippen molar-refractivity contribution in [2.45, 2.75) is 37.6 Å². The third kappa shape index (κ3) is 4.07. The van der Waals surface area contributed by atoms with Gasteiger partial charge in [0, 0.05) is 7.05 Å².